The molecule has 1 heterocycles. The Morgan fingerprint density at radius 2 is 1.72 bits per heavy atom. The summed E-state index contributed by atoms with van der Waals surface area (Å²) in [5.41, 5.74) is 1.47. The maximum atomic E-state index is 12.8. The van der Waals surface area contributed by atoms with Crippen LogP contribution < -0.4 is 19.5 Å². The van der Waals surface area contributed by atoms with E-state index in [2.05, 4.69) is 10.0 Å². The zero-order valence-electron chi connectivity index (χ0n) is 15.8. The fourth-order valence-corrected chi connectivity index (χ4v) is 4.42. The van der Waals surface area contributed by atoms with Crippen molar-refractivity contribution in [1.82, 2.24) is 0 Å². The summed E-state index contributed by atoms with van der Waals surface area (Å²) in [6.07, 6.45) is 0.184. The molecule has 0 radical (unpaired) electrons. The first-order chi connectivity index (χ1) is 13.9. The van der Waals surface area contributed by atoms with Crippen molar-refractivity contribution in [2.24, 2.45) is 0 Å². The van der Waals surface area contributed by atoms with Gasteiger partial charge in [-0.1, -0.05) is 12.1 Å². The minimum absolute atomic E-state index is 0.0185. The lowest BCUT2D eigenvalue weighted by Gasteiger charge is -2.14. The van der Waals surface area contributed by atoms with Gasteiger partial charge in [0.2, 0.25) is 5.91 Å². The van der Waals surface area contributed by atoms with Gasteiger partial charge in [-0.05, 0) is 52.7 Å². The van der Waals surface area contributed by atoms with Gasteiger partial charge in [-0.3, -0.25) is 9.52 Å². The number of nitrogens with one attached hydrogen (secondary N) is 2. The number of anilines is 2. The molecule has 1 amide bonds. The van der Waals surface area contributed by atoms with Crippen LogP contribution >= 0.6 is 11.3 Å². The van der Waals surface area contributed by atoms with Crippen LogP contribution in [0.3, 0.4) is 0 Å². The Bertz CT molecular complexity index is 1100. The Labute approximate surface area is 173 Å². The molecule has 0 atom stereocenters. The van der Waals surface area contributed by atoms with Gasteiger partial charge in [0.25, 0.3) is 10.0 Å². The second kappa shape index (κ2) is 8.97. The van der Waals surface area contributed by atoms with Crippen LogP contribution in [0.15, 0.2) is 64.2 Å². The Hall–Kier alpha value is -3.04. The highest BCUT2D eigenvalue weighted by Gasteiger charge is 2.19. The topological polar surface area (TPSA) is 93.7 Å². The van der Waals surface area contributed by atoms with Gasteiger partial charge in [0.15, 0.2) is 0 Å². The summed E-state index contributed by atoms with van der Waals surface area (Å²) < 4.78 is 38.6. The van der Waals surface area contributed by atoms with Crippen molar-refractivity contribution < 1.29 is 22.7 Å². The molecular formula is C20H20N2O5S2. The van der Waals surface area contributed by atoms with Crippen LogP contribution in [0.1, 0.15) is 5.56 Å². The molecule has 0 saturated heterocycles. The highest BCUT2D eigenvalue weighted by atomic mass is 32.2. The van der Waals surface area contributed by atoms with Gasteiger partial charge in [-0.25, -0.2) is 8.42 Å². The minimum atomic E-state index is -3.91. The van der Waals surface area contributed by atoms with Crippen molar-refractivity contribution in [2.75, 3.05) is 24.3 Å². The van der Waals surface area contributed by atoms with Crippen molar-refractivity contribution in [3.63, 3.8) is 0 Å². The molecule has 152 valence electrons. The van der Waals surface area contributed by atoms with Crippen LogP contribution in [-0.4, -0.2) is 28.5 Å². The fourth-order valence-electron chi connectivity index (χ4n) is 2.66. The van der Waals surface area contributed by atoms with Crippen LogP contribution in [0.2, 0.25) is 0 Å². The lowest BCUT2D eigenvalue weighted by molar-refractivity contribution is -0.115. The second-order valence-corrected chi connectivity index (χ2v) is 8.49. The Kier molecular flexibility index (Phi) is 6.40. The van der Waals surface area contributed by atoms with E-state index in [1.54, 1.807) is 24.3 Å². The number of hydrogen-bond donors (Lipinski definition) is 2. The summed E-state index contributed by atoms with van der Waals surface area (Å²) in [5.74, 6) is 0.489. The van der Waals surface area contributed by atoms with E-state index in [0.29, 0.717) is 17.2 Å². The van der Waals surface area contributed by atoms with Crippen molar-refractivity contribution in [1.29, 1.82) is 0 Å². The van der Waals surface area contributed by atoms with E-state index in [0.717, 1.165) is 5.56 Å². The number of rotatable bonds is 8. The molecule has 1 aromatic heterocycles. The van der Waals surface area contributed by atoms with Crippen molar-refractivity contribution in [3.8, 4) is 11.5 Å². The fraction of sp³-hybridized carbons (Fsp3) is 0.150. The molecule has 7 nitrogen and oxygen atoms in total. The highest BCUT2D eigenvalue weighted by Crippen LogP contribution is 2.30. The molecule has 3 rings (SSSR count). The summed E-state index contributed by atoms with van der Waals surface area (Å²) in [7, 11) is -1.00. The number of sulfonamides is 1. The normalized spacial score (nSPS) is 11.0. The predicted octanol–water partition coefficient (Wildman–Crippen LogP) is 3.75. The SMILES string of the molecule is COc1ccc(S(=O)(=O)Nc2ccccc2OC)cc1NC(=O)Cc1ccsc1. The first-order valence-corrected chi connectivity index (χ1v) is 11.0. The second-order valence-electron chi connectivity index (χ2n) is 6.02. The van der Waals surface area contributed by atoms with E-state index in [4.69, 9.17) is 9.47 Å². The van der Waals surface area contributed by atoms with Crippen molar-refractivity contribution in [3.05, 3.63) is 64.9 Å². The van der Waals surface area contributed by atoms with Gasteiger partial charge in [-0.15, -0.1) is 0 Å². The van der Waals surface area contributed by atoms with Crippen LogP contribution in [0, 0.1) is 0 Å². The molecule has 0 aliphatic heterocycles. The first-order valence-electron chi connectivity index (χ1n) is 8.58. The zero-order chi connectivity index (χ0) is 20.9. The van der Waals surface area contributed by atoms with E-state index < -0.39 is 10.0 Å². The average molecular weight is 433 g/mol. The van der Waals surface area contributed by atoms with Crippen LogP contribution in [-0.2, 0) is 21.2 Å². The van der Waals surface area contributed by atoms with E-state index >= 15 is 0 Å². The summed E-state index contributed by atoms with van der Waals surface area (Å²) in [4.78, 5) is 12.3. The highest BCUT2D eigenvalue weighted by molar-refractivity contribution is 7.92. The van der Waals surface area contributed by atoms with Gasteiger partial charge in [-0.2, -0.15) is 11.3 Å². The minimum Gasteiger partial charge on any atom is -0.495 e. The number of hydrogen-bond acceptors (Lipinski definition) is 6. The third kappa shape index (κ3) is 5.07. The van der Waals surface area contributed by atoms with E-state index in [1.807, 2.05) is 16.8 Å². The lowest BCUT2D eigenvalue weighted by Crippen LogP contribution is -2.17. The molecule has 0 saturated carbocycles. The maximum absolute atomic E-state index is 12.8. The molecule has 0 fully saturated rings. The number of ether oxygens (including phenoxy) is 2. The number of thiophene rings is 1. The molecule has 2 N–H and O–H groups in total. The average Bonchev–Trinajstić information content (AvgIpc) is 3.21. The largest absolute Gasteiger partial charge is 0.495 e. The third-order valence-corrected chi connectivity index (χ3v) is 6.15. The van der Waals surface area contributed by atoms with Crippen LogP contribution in [0.25, 0.3) is 0 Å². The van der Waals surface area contributed by atoms with E-state index in [9.17, 15) is 13.2 Å². The molecule has 3 aromatic rings. The standard InChI is InChI=1S/C20H20N2O5S2/c1-26-18-6-4-3-5-16(18)22-29(24,25)15-7-8-19(27-2)17(12-15)21-20(23)11-14-9-10-28-13-14/h3-10,12-13,22H,11H2,1-2H3,(H,21,23). The maximum Gasteiger partial charge on any atom is 0.262 e. The molecule has 0 spiro atoms. The molecule has 0 bridgehead atoms. The zero-order valence-corrected chi connectivity index (χ0v) is 17.5. The predicted molar refractivity (Wildman–Crippen MR) is 113 cm³/mol. The Morgan fingerprint density at radius 3 is 2.41 bits per heavy atom. The monoisotopic (exact) mass is 432 g/mol. The quantitative estimate of drug-likeness (QED) is 0.565. The van der Waals surface area contributed by atoms with Gasteiger partial charge in [0.05, 0.1) is 36.9 Å². The number of carbonyl (C=O) groups is 1. The molecule has 0 aliphatic rings. The lowest BCUT2D eigenvalue weighted by atomic mass is 10.2. The summed E-state index contributed by atoms with van der Waals surface area (Å²) in [6, 6.07) is 12.8. The van der Waals surface area contributed by atoms with Crippen molar-refractivity contribution in [2.45, 2.75) is 11.3 Å². The van der Waals surface area contributed by atoms with Crippen LogP contribution in [0.5, 0.6) is 11.5 Å². The van der Waals surface area contributed by atoms with Gasteiger partial charge >= 0.3 is 0 Å². The Morgan fingerprint density at radius 1 is 1.00 bits per heavy atom. The number of amides is 1. The summed E-state index contributed by atoms with van der Waals surface area (Å²) >= 11 is 1.50. The summed E-state index contributed by atoms with van der Waals surface area (Å²) in [6.45, 7) is 0. The molecule has 0 aliphatic carbocycles. The smallest absolute Gasteiger partial charge is 0.262 e. The van der Waals surface area contributed by atoms with E-state index in [1.165, 1.54) is 43.8 Å². The van der Waals surface area contributed by atoms with Crippen molar-refractivity contribution >= 4 is 38.6 Å². The molecular weight excluding hydrogens is 412 g/mol. The van der Waals surface area contributed by atoms with Gasteiger partial charge in [0.1, 0.15) is 11.5 Å². The third-order valence-electron chi connectivity index (χ3n) is 4.05. The van der Waals surface area contributed by atoms with Gasteiger partial charge in [0, 0.05) is 0 Å². The molecule has 29 heavy (non-hydrogen) atoms. The number of methoxy groups -OCH3 is 2. The summed E-state index contributed by atoms with van der Waals surface area (Å²) in [5, 5.41) is 6.50. The Balaban J connectivity index is 1.85. The molecule has 0 unspecified atom stereocenters. The molecule has 2 aromatic carbocycles. The first kappa shape index (κ1) is 20.7. The molecule has 9 heteroatoms. The number of benzene rings is 2. The number of para-hydroxylation sites is 2. The van der Waals surface area contributed by atoms with Gasteiger partial charge < -0.3 is 14.8 Å². The van der Waals surface area contributed by atoms with E-state index in [-0.39, 0.29) is 22.9 Å². The van der Waals surface area contributed by atoms with Crippen LogP contribution in [0.4, 0.5) is 11.4 Å². The number of carbonyl (C=O) groups excluding carboxylic acids is 1.